The molecule has 0 spiro atoms. The highest BCUT2D eigenvalue weighted by molar-refractivity contribution is 6.24. The molecule has 0 N–H and O–H groups in total. The van der Waals surface area contributed by atoms with Gasteiger partial charge in [-0.05, 0) is 184 Å². The quantitative estimate of drug-likeness (QED) is 0.126. The Morgan fingerprint density at radius 3 is 0.908 bits per heavy atom. The third-order valence-corrected chi connectivity index (χ3v) is 15.2. The van der Waals surface area contributed by atoms with Gasteiger partial charge >= 0.3 is 0 Å². The monoisotopic (exact) mass is 978 g/mol. The zero-order valence-electron chi connectivity index (χ0n) is 44.3. The second kappa shape index (κ2) is 19.7. The Morgan fingerprint density at radius 2 is 0.513 bits per heavy atom. The molecular formula is C74H62N2. The first-order chi connectivity index (χ1) is 36.9. The minimum absolute atomic E-state index is 0.0478. The van der Waals surface area contributed by atoms with Crippen molar-refractivity contribution in [1.29, 1.82) is 0 Å². The summed E-state index contributed by atoms with van der Waals surface area (Å²) in [6, 6.07) is 98.4. The molecule has 12 rings (SSSR count). The molecule has 0 unspecified atom stereocenters. The molecule has 0 radical (unpaired) electrons. The van der Waals surface area contributed by atoms with Crippen molar-refractivity contribution < 1.29 is 0 Å². The highest BCUT2D eigenvalue weighted by Gasteiger charge is 2.21. The molecule has 0 aliphatic heterocycles. The maximum atomic E-state index is 2.44. The minimum atomic E-state index is 0.0478. The van der Waals surface area contributed by atoms with Crippen molar-refractivity contribution in [3.8, 4) is 44.5 Å². The van der Waals surface area contributed by atoms with Gasteiger partial charge in [0.15, 0.2) is 0 Å². The molecule has 12 aromatic carbocycles. The fraction of sp³-hybridized carbons (Fsp3) is 0.108. The number of benzene rings is 12. The lowest BCUT2D eigenvalue weighted by Gasteiger charge is -2.27. The summed E-state index contributed by atoms with van der Waals surface area (Å²) in [5, 5.41) is 7.41. The maximum absolute atomic E-state index is 2.44. The van der Waals surface area contributed by atoms with Gasteiger partial charge in [-0.3, -0.25) is 0 Å². The van der Waals surface area contributed by atoms with E-state index < -0.39 is 0 Å². The van der Waals surface area contributed by atoms with E-state index in [0.717, 1.165) is 34.1 Å². The molecule has 12 aromatic rings. The number of hydrogen-bond donors (Lipinski definition) is 0. The Labute approximate surface area is 448 Å². The van der Waals surface area contributed by atoms with E-state index in [0.29, 0.717) is 0 Å². The lowest BCUT2D eigenvalue weighted by Crippen LogP contribution is -2.13. The Balaban J connectivity index is 0.950. The predicted molar refractivity (Wildman–Crippen MR) is 327 cm³/mol. The zero-order chi connectivity index (χ0) is 52.0. The molecule has 0 heterocycles. The summed E-state index contributed by atoms with van der Waals surface area (Å²) in [6.07, 6.45) is 0. The Kier molecular flexibility index (Phi) is 12.4. The molecule has 2 heteroatoms. The smallest absolute Gasteiger partial charge is 0.0467 e. The van der Waals surface area contributed by atoms with Crippen molar-refractivity contribution in [1.82, 2.24) is 0 Å². The second-order valence-electron chi connectivity index (χ2n) is 22.2. The van der Waals surface area contributed by atoms with Gasteiger partial charge < -0.3 is 9.80 Å². The average Bonchev–Trinajstić information content (AvgIpc) is 3.47. The van der Waals surface area contributed by atoms with Gasteiger partial charge in [-0.1, -0.05) is 224 Å². The van der Waals surface area contributed by atoms with E-state index >= 15 is 0 Å². The molecule has 0 amide bonds. The SMILES string of the molecule is CC(C)(C)c1ccc(N(c2ccc(-c3ccccc3)cc2)c2ccc(-c3cc4c5ccccc5c(-c5cccc(N(c6ccc(-c7ccccc7)cc6)c6ccc(C(C)(C)C)cc6)c5)cc4c4ccccc34)cc2)cc1. The number of rotatable bonds is 10. The Bertz CT molecular complexity index is 3990. The summed E-state index contributed by atoms with van der Waals surface area (Å²) in [5.74, 6) is 0. The van der Waals surface area contributed by atoms with Crippen molar-refractivity contribution in [3.05, 3.63) is 278 Å². The minimum Gasteiger partial charge on any atom is -0.311 e. The first-order valence-electron chi connectivity index (χ1n) is 26.7. The molecule has 0 saturated heterocycles. The Morgan fingerprint density at radius 1 is 0.211 bits per heavy atom. The number of nitrogens with zero attached hydrogens (tertiary/aromatic N) is 2. The molecule has 0 fully saturated rings. The van der Waals surface area contributed by atoms with Gasteiger partial charge in [-0.15, -0.1) is 0 Å². The van der Waals surface area contributed by atoms with Gasteiger partial charge in [0.2, 0.25) is 0 Å². The van der Waals surface area contributed by atoms with Crippen molar-refractivity contribution in [2.75, 3.05) is 9.80 Å². The average molecular weight is 979 g/mol. The topological polar surface area (TPSA) is 6.48 Å². The van der Waals surface area contributed by atoms with Crippen LogP contribution in [0.1, 0.15) is 52.7 Å². The van der Waals surface area contributed by atoms with E-state index in [1.807, 2.05) is 0 Å². The van der Waals surface area contributed by atoms with Gasteiger partial charge in [0.25, 0.3) is 0 Å². The van der Waals surface area contributed by atoms with Gasteiger partial charge in [-0.2, -0.15) is 0 Å². The summed E-state index contributed by atoms with van der Waals surface area (Å²) < 4.78 is 0. The fourth-order valence-electron chi connectivity index (χ4n) is 11.0. The van der Waals surface area contributed by atoms with Crippen LogP contribution < -0.4 is 9.80 Å². The fourth-order valence-corrected chi connectivity index (χ4v) is 11.0. The molecule has 0 aliphatic carbocycles. The van der Waals surface area contributed by atoms with Crippen LogP contribution in [-0.2, 0) is 10.8 Å². The van der Waals surface area contributed by atoms with Crippen molar-refractivity contribution >= 4 is 66.4 Å². The van der Waals surface area contributed by atoms with Crippen LogP contribution >= 0.6 is 0 Å². The van der Waals surface area contributed by atoms with Crippen molar-refractivity contribution in [2.45, 2.75) is 52.4 Å². The van der Waals surface area contributed by atoms with Crippen LogP contribution in [0.25, 0.3) is 76.8 Å². The van der Waals surface area contributed by atoms with Gasteiger partial charge in [0.05, 0.1) is 0 Å². The van der Waals surface area contributed by atoms with Crippen LogP contribution in [0.2, 0.25) is 0 Å². The van der Waals surface area contributed by atoms with E-state index in [1.165, 1.54) is 88.0 Å². The Hall–Kier alpha value is -8.98. The molecule has 0 saturated carbocycles. The third kappa shape index (κ3) is 9.33. The summed E-state index contributed by atoms with van der Waals surface area (Å²) in [7, 11) is 0. The summed E-state index contributed by atoms with van der Waals surface area (Å²) in [4.78, 5) is 4.77. The van der Waals surface area contributed by atoms with Crippen LogP contribution in [0, 0.1) is 0 Å². The highest BCUT2D eigenvalue weighted by Crippen LogP contribution is 2.45. The van der Waals surface area contributed by atoms with E-state index in [9.17, 15) is 0 Å². The van der Waals surface area contributed by atoms with Crippen LogP contribution in [0.5, 0.6) is 0 Å². The zero-order valence-corrected chi connectivity index (χ0v) is 44.3. The van der Waals surface area contributed by atoms with Crippen molar-refractivity contribution in [3.63, 3.8) is 0 Å². The molecule has 76 heavy (non-hydrogen) atoms. The van der Waals surface area contributed by atoms with Gasteiger partial charge in [0.1, 0.15) is 0 Å². The highest BCUT2D eigenvalue weighted by atomic mass is 15.1. The molecule has 2 nitrogen and oxygen atoms in total. The van der Waals surface area contributed by atoms with Gasteiger partial charge in [0, 0.05) is 34.1 Å². The first-order valence-corrected chi connectivity index (χ1v) is 26.7. The number of hydrogen-bond acceptors (Lipinski definition) is 2. The van der Waals surface area contributed by atoms with E-state index in [1.54, 1.807) is 0 Å². The normalized spacial score (nSPS) is 11.8. The van der Waals surface area contributed by atoms with E-state index in [-0.39, 0.29) is 10.8 Å². The summed E-state index contributed by atoms with van der Waals surface area (Å²) in [6.45, 7) is 13.6. The maximum Gasteiger partial charge on any atom is 0.0467 e. The van der Waals surface area contributed by atoms with Crippen LogP contribution in [0.4, 0.5) is 34.1 Å². The first kappa shape index (κ1) is 48.0. The molecule has 0 atom stereocenters. The second-order valence-corrected chi connectivity index (χ2v) is 22.2. The summed E-state index contributed by atoms with van der Waals surface area (Å²) >= 11 is 0. The lowest BCUT2D eigenvalue weighted by molar-refractivity contribution is 0.590. The van der Waals surface area contributed by atoms with Crippen LogP contribution in [0.15, 0.2) is 267 Å². The molecule has 368 valence electrons. The standard InChI is InChI=1S/C74H62N2/c1-73(2,3)57-34-44-62(45-35-57)75(59-38-28-53(29-39-59)51-18-9-7-10-19-51)60-42-32-55(33-43-60)69-49-71-68-27-16-14-25-66(68)70(50-72(71)67-26-15-13-24-65(67)69)56-22-17-23-64(48-56)76(63-46-36-58(37-47-63)74(4,5)6)61-40-30-54(31-41-61)52-20-11-8-12-21-52/h7-50H,1-6H3. The molecule has 0 aromatic heterocycles. The van der Waals surface area contributed by atoms with Gasteiger partial charge in [-0.25, -0.2) is 0 Å². The largest absolute Gasteiger partial charge is 0.311 e. The predicted octanol–water partition coefficient (Wildman–Crippen LogP) is 21.3. The van der Waals surface area contributed by atoms with E-state index in [2.05, 4.69) is 318 Å². The van der Waals surface area contributed by atoms with Crippen molar-refractivity contribution in [2.24, 2.45) is 0 Å². The number of fused-ring (bicyclic) bond motifs is 5. The molecule has 0 aliphatic rings. The molecular weight excluding hydrogens is 917 g/mol. The lowest BCUT2D eigenvalue weighted by atomic mass is 9.87. The van der Waals surface area contributed by atoms with Crippen LogP contribution in [0.3, 0.4) is 0 Å². The summed E-state index contributed by atoms with van der Waals surface area (Å²) in [5.41, 5.74) is 19.0. The van der Waals surface area contributed by atoms with E-state index in [4.69, 9.17) is 0 Å². The molecule has 0 bridgehead atoms. The third-order valence-electron chi connectivity index (χ3n) is 15.2. The van der Waals surface area contributed by atoms with Crippen LogP contribution in [-0.4, -0.2) is 0 Å². The number of anilines is 6.